The maximum absolute atomic E-state index is 9.88. The molecule has 0 aromatic carbocycles. The zero-order valence-corrected chi connectivity index (χ0v) is 13.1. The van der Waals surface area contributed by atoms with Crippen LogP contribution >= 0.6 is 11.8 Å². The number of ether oxygens (including phenoxy) is 1. The minimum absolute atomic E-state index is 0.0105. The van der Waals surface area contributed by atoms with E-state index >= 15 is 0 Å². The van der Waals surface area contributed by atoms with E-state index < -0.39 is 15.9 Å². The Morgan fingerprint density at radius 1 is 1.38 bits per heavy atom. The SMILES string of the molecule is CCCCCC[C@H]1[C@@]2(C#N)[C@@]3([NH+]=C(N)[C@@]12C#N)OCCS3. The highest BCUT2D eigenvalue weighted by Gasteiger charge is 2.95. The molecule has 112 valence electrons. The lowest BCUT2D eigenvalue weighted by molar-refractivity contribution is -0.584. The van der Waals surface area contributed by atoms with Gasteiger partial charge in [-0.25, -0.2) is 4.99 Å². The topological polar surface area (TPSA) is 96.8 Å². The van der Waals surface area contributed by atoms with Crippen LogP contribution in [0.25, 0.3) is 0 Å². The maximum atomic E-state index is 9.88. The monoisotopic (exact) mass is 305 g/mol. The second-order valence-corrected chi connectivity index (χ2v) is 7.37. The summed E-state index contributed by atoms with van der Waals surface area (Å²) in [7, 11) is 0. The molecule has 2 heterocycles. The van der Waals surface area contributed by atoms with E-state index in [-0.39, 0.29) is 5.92 Å². The Hall–Kier alpha value is -1.24. The van der Waals surface area contributed by atoms with E-state index in [1.54, 1.807) is 11.8 Å². The van der Waals surface area contributed by atoms with Gasteiger partial charge in [0.2, 0.25) is 0 Å². The highest BCUT2D eigenvalue weighted by atomic mass is 32.2. The summed E-state index contributed by atoms with van der Waals surface area (Å²) in [6, 6.07) is 4.79. The van der Waals surface area contributed by atoms with Crippen LogP contribution in [-0.2, 0) is 4.74 Å². The van der Waals surface area contributed by atoms with Crippen molar-refractivity contribution in [3.8, 4) is 12.1 Å². The van der Waals surface area contributed by atoms with Gasteiger partial charge in [0.1, 0.15) is 0 Å². The Labute approximate surface area is 129 Å². The minimum atomic E-state index is -0.870. The molecule has 21 heavy (non-hydrogen) atoms. The number of nitriles is 2. The first-order valence-electron chi connectivity index (χ1n) is 7.66. The molecule has 0 unspecified atom stereocenters. The summed E-state index contributed by atoms with van der Waals surface area (Å²) < 4.78 is 5.88. The van der Waals surface area contributed by atoms with Crippen molar-refractivity contribution in [2.45, 2.75) is 44.1 Å². The lowest BCUT2D eigenvalue weighted by atomic mass is 9.95. The van der Waals surface area contributed by atoms with E-state index in [1.807, 2.05) is 0 Å². The number of rotatable bonds is 5. The van der Waals surface area contributed by atoms with Gasteiger partial charge in [0.05, 0.1) is 18.7 Å². The van der Waals surface area contributed by atoms with Crippen molar-refractivity contribution in [3.63, 3.8) is 0 Å². The van der Waals surface area contributed by atoms with Crippen LogP contribution in [0.3, 0.4) is 0 Å². The van der Waals surface area contributed by atoms with E-state index in [0.29, 0.717) is 12.4 Å². The van der Waals surface area contributed by atoms with Crippen molar-refractivity contribution in [2.75, 3.05) is 12.4 Å². The molecule has 3 rings (SSSR count). The van der Waals surface area contributed by atoms with Crippen molar-refractivity contribution in [3.05, 3.63) is 0 Å². The van der Waals surface area contributed by atoms with Crippen molar-refractivity contribution < 1.29 is 9.73 Å². The molecule has 0 aromatic rings. The Morgan fingerprint density at radius 3 is 2.76 bits per heavy atom. The summed E-state index contributed by atoms with van der Waals surface area (Å²) in [5.41, 5.74) is 4.44. The van der Waals surface area contributed by atoms with Gasteiger partial charge in [-0.05, 0) is 6.42 Å². The van der Waals surface area contributed by atoms with Crippen molar-refractivity contribution in [2.24, 2.45) is 22.5 Å². The summed E-state index contributed by atoms with van der Waals surface area (Å²) in [4.78, 5) is 3.13. The number of unbranched alkanes of at least 4 members (excludes halogenated alkanes) is 3. The molecule has 3 N–H and O–H groups in total. The Morgan fingerprint density at radius 2 is 2.19 bits per heavy atom. The fraction of sp³-hybridized carbons (Fsp3) is 0.800. The van der Waals surface area contributed by atoms with Crippen LogP contribution in [0, 0.1) is 39.4 Å². The molecule has 1 saturated heterocycles. The summed E-state index contributed by atoms with van der Waals surface area (Å²) >= 11 is 1.58. The number of amidine groups is 1. The largest absolute Gasteiger partial charge is 0.327 e. The Balaban J connectivity index is 1.88. The Bertz CT molecular complexity index is 557. The van der Waals surface area contributed by atoms with Crippen molar-refractivity contribution in [1.29, 1.82) is 10.5 Å². The van der Waals surface area contributed by atoms with Gasteiger partial charge in [-0.3, -0.25) is 5.73 Å². The molecule has 4 atom stereocenters. The fourth-order valence-corrected chi connectivity index (χ4v) is 5.58. The normalized spacial score (nSPS) is 43.2. The van der Waals surface area contributed by atoms with Crippen LogP contribution in [0.5, 0.6) is 0 Å². The quantitative estimate of drug-likeness (QED) is 0.720. The minimum Gasteiger partial charge on any atom is -0.327 e. The third kappa shape index (κ3) is 1.53. The summed E-state index contributed by atoms with van der Waals surface area (Å²) in [5.74, 6) is 1.25. The molecule has 2 aliphatic heterocycles. The first kappa shape index (κ1) is 14.7. The van der Waals surface area contributed by atoms with Gasteiger partial charge in [-0.2, -0.15) is 10.5 Å². The average molecular weight is 305 g/mol. The fourth-order valence-electron chi connectivity index (χ4n) is 4.20. The van der Waals surface area contributed by atoms with Crippen molar-refractivity contribution >= 4 is 17.6 Å². The maximum Gasteiger partial charge on any atom is 0.277 e. The first-order chi connectivity index (χ1) is 10.1. The molecule has 0 amide bonds. The molecule has 1 saturated carbocycles. The number of fused-ring (bicyclic) bond motifs is 2. The number of nitrogens with zero attached hydrogens (tertiary/aromatic N) is 2. The highest BCUT2D eigenvalue weighted by molar-refractivity contribution is 8.00. The third-order valence-corrected chi connectivity index (χ3v) is 6.54. The molecule has 0 aromatic heterocycles. The molecule has 2 fully saturated rings. The predicted octanol–water partition coefficient (Wildman–Crippen LogP) is 0.475. The molecular formula is C15H21N4OS+. The van der Waals surface area contributed by atoms with Crippen molar-refractivity contribution in [1.82, 2.24) is 0 Å². The molecule has 1 aliphatic carbocycles. The summed E-state index contributed by atoms with van der Waals surface area (Å²) in [6.07, 6.45) is 5.43. The number of nitrogens with one attached hydrogen (secondary N) is 1. The summed E-state index contributed by atoms with van der Waals surface area (Å²) in [5, 5.41) is 18.8. The number of nitrogens with two attached hydrogens (primary N) is 1. The molecule has 1 spiro atoms. The smallest absolute Gasteiger partial charge is 0.277 e. The van der Waals surface area contributed by atoms with E-state index in [4.69, 9.17) is 10.5 Å². The van der Waals surface area contributed by atoms with Gasteiger partial charge in [-0.15, -0.1) is 0 Å². The van der Waals surface area contributed by atoms with Crippen LogP contribution in [-0.4, -0.2) is 23.3 Å². The lowest BCUT2D eigenvalue weighted by Crippen LogP contribution is -2.88. The van der Waals surface area contributed by atoms with Crippen LogP contribution in [0.1, 0.15) is 39.0 Å². The van der Waals surface area contributed by atoms with E-state index in [2.05, 4.69) is 24.1 Å². The molecule has 0 radical (unpaired) electrons. The second kappa shape index (κ2) is 4.90. The molecule has 6 heteroatoms. The zero-order valence-electron chi connectivity index (χ0n) is 12.3. The van der Waals surface area contributed by atoms with Gasteiger partial charge >= 0.3 is 0 Å². The van der Waals surface area contributed by atoms with E-state index in [0.717, 1.165) is 25.0 Å². The average Bonchev–Trinajstić information content (AvgIpc) is 2.74. The third-order valence-electron chi connectivity index (χ3n) is 5.22. The lowest BCUT2D eigenvalue weighted by Gasteiger charge is -2.23. The molecule has 3 aliphatic rings. The van der Waals surface area contributed by atoms with Gasteiger partial charge in [0, 0.05) is 11.7 Å². The van der Waals surface area contributed by atoms with Crippen LogP contribution in [0.15, 0.2) is 0 Å². The first-order valence-corrected chi connectivity index (χ1v) is 8.65. The van der Waals surface area contributed by atoms with Gasteiger partial charge in [0.25, 0.3) is 10.9 Å². The van der Waals surface area contributed by atoms with Gasteiger partial charge in [0.15, 0.2) is 10.8 Å². The van der Waals surface area contributed by atoms with Gasteiger partial charge in [-0.1, -0.05) is 44.4 Å². The molecule has 5 nitrogen and oxygen atoms in total. The zero-order chi connectivity index (χ0) is 15.1. The van der Waals surface area contributed by atoms with E-state index in [1.165, 1.54) is 12.8 Å². The number of hydrogen-bond acceptors (Lipinski definition) is 5. The number of hydrogen-bond donors (Lipinski definition) is 2. The predicted molar refractivity (Wildman–Crippen MR) is 79.6 cm³/mol. The standard InChI is InChI=1S/C15H20N4OS/c1-2-3-4-5-6-11-13(9-16)12(18)19-15(14(11,13)10-17)20-7-8-21-15/h11H,2-8H2,1H3,(H2,18,19)/p+1/t11-,13-,14-,15-/m1/s1. The highest BCUT2D eigenvalue weighted by Crippen LogP contribution is 2.77. The second-order valence-electron chi connectivity index (χ2n) is 6.09. The van der Waals surface area contributed by atoms with Crippen LogP contribution in [0.2, 0.25) is 0 Å². The van der Waals surface area contributed by atoms with Crippen LogP contribution in [0.4, 0.5) is 0 Å². The molecular weight excluding hydrogens is 284 g/mol. The van der Waals surface area contributed by atoms with E-state index in [9.17, 15) is 10.5 Å². The summed E-state index contributed by atoms with van der Waals surface area (Å²) in [6.45, 7) is 2.77. The molecule has 0 bridgehead atoms. The van der Waals surface area contributed by atoms with Crippen LogP contribution < -0.4 is 10.7 Å². The van der Waals surface area contributed by atoms with Gasteiger partial charge < -0.3 is 4.74 Å². The Kier molecular flexibility index (Phi) is 3.43. The number of thioether (sulfide) groups is 1.